The third kappa shape index (κ3) is 3.55. The van der Waals surface area contributed by atoms with Gasteiger partial charge < -0.3 is 5.73 Å². The van der Waals surface area contributed by atoms with Crippen LogP contribution in [0, 0.1) is 11.8 Å². The highest BCUT2D eigenvalue weighted by atomic mass is 15.3. The highest BCUT2D eigenvalue weighted by Crippen LogP contribution is 2.39. The molecule has 0 radical (unpaired) electrons. The van der Waals surface area contributed by atoms with Crippen LogP contribution in [0.2, 0.25) is 0 Å². The lowest BCUT2D eigenvalue weighted by Crippen LogP contribution is -2.57. The Balaban J connectivity index is 2.13. The van der Waals surface area contributed by atoms with Crippen LogP contribution in [0.5, 0.6) is 0 Å². The molecule has 2 unspecified atom stereocenters. The van der Waals surface area contributed by atoms with E-state index in [1.807, 2.05) is 0 Å². The Bertz CT molecular complexity index is 301. The van der Waals surface area contributed by atoms with Gasteiger partial charge in [0.2, 0.25) is 0 Å². The van der Waals surface area contributed by atoms with Crippen LogP contribution in [0.15, 0.2) is 0 Å². The molecule has 0 amide bonds. The summed E-state index contributed by atoms with van der Waals surface area (Å²) in [7, 11) is 0. The van der Waals surface area contributed by atoms with Gasteiger partial charge >= 0.3 is 0 Å². The van der Waals surface area contributed by atoms with Crippen LogP contribution < -0.4 is 5.73 Å². The van der Waals surface area contributed by atoms with Gasteiger partial charge in [-0.1, -0.05) is 27.7 Å². The highest BCUT2D eigenvalue weighted by Gasteiger charge is 2.49. The van der Waals surface area contributed by atoms with Gasteiger partial charge in [0.25, 0.3) is 0 Å². The lowest BCUT2D eigenvalue weighted by molar-refractivity contribution is 0.0721. The smallest absolute Gasteiger partial charge is 0.0473 e. The Labute approximate surface area is 125 Å². The molecule has 0 bridgehead atoms. The van der Waals surface area contributed by atoms with Gasteiger partial charge in [-0.3, -0.25) is 9.80 Å². The van der Waals surface area contributed by atoms with Crippen molar-refractivity contribution in [3.8, 4) is 0 Å². The van der Waals surface area contributed by atoms with Gasteiger partial charge in [-0.2, -0.15) is 0 Å². The zero-order valence-corrected chi connectivity index (χ0v) is 14.2. The summed E-state index contributed by atoms with van der Waals surface area (Å²) < 4.78 is 0. The van der Waals surface area contributed by atoms with E-state index in [0.717, 1.165) is 12.6 Å². The Hall–Kier alpha value is -0.120. The molecule has 2 fully saturated rings. The summed E-state index contributed by atoms with van der Waals surface area (Å²) in [5.41, 5.74) is 6.52. The maximum Gasteiger partial charge on any atom is 0.0473 e. The fraction of sp³-hybridized carbons (Fsp3) is 1.00. The fourth-order valence-electron chi connectivity index (χ4n) is 3.97. The van der Waals surface area contributed by atoms with Crippen LogP contribution in [-0.2, 0) is 0 Å². The Kier molecular flexibility index (Phi) is 5.14. The standard InChI is InChI=1S/C17H35N3/c1-13(2)9-19(10-14(3)4)17(11-18)8-15(5)20(12-17)16-6-7-16/h13-16H,6-12,18H2,1-5H3. The van der Waals surface area contributed by atoms with Gasteiger partial charge in [-0.05, 0) is 38.0 Å². The van der Waals surface area contributed by atoms with Crippen molar-refractivity contribution in [3.63, 3.8) is 0 Å². The van der Waals surface area contributed by atoms with E-state index in [1.54, 1.807) is 0 Å². The molecule has 20 heavy (non-hydrogen) atoms. The van der Waals surface area contributed by atoms with Crippen molar-refractivity contribution in [1.82, 2.24) is 9.80 Å². The van der Waals surface area contributed by atoms with Crippen LogP contribution in [0.3, 0.4) is 0 Å². The monoisotopic (exact) mass is 281 g/mol. The van der Waals surface area contributed by atoms with E-state index in [-0.39, 0.29) is 5.54 Å². The van der Waals surface area contributed by atoms with Crippen LogP contribution in [0.25, 0.3) is 0 Å². The summed E-state index contributed by atoms with van der Waals surface area (Å²) in [5, 5.41) is 0. The van der Waals surface area contributed by atoms with E-state index in [2.05, 4.69) is 44.4 Å². The van der Waals surface area contributed by atoms with Crippen molar-refractivity contribution < 1.29 is 0 Å². The molecule has 0 spiro atoms. The van der Waals surface area contributed by atoms with Crippen molar-refractivity contribution in [2.24, 2.45) is 17.6 Å². The van der Waals surface area contributed by atoms with Gasteiger partial charge in [0.1, 0.15) is 0 Å². The molecule has 1 heterocycles. The van der Waals surface area contributed by atoms with E-state index in [9.17, 15) is 0 Å². The Morgan fingerprint density at radius 1 is 1.15 bits per heavy atom. The molecule has 2 N–H and O–H groups in total. The largest absolute Gasteiger partial charge is 0.329 e. The number of nitrogens with zero attached hydrogens (tertiary/aromatic N) is 2. The number of rotatable bonds is 7. The molecular weight excluding hydrogens is 246 g/mol. The third-order valence-corrected chi connectivity index (χ3v) is 4.96. The molecule has 1 aliphatic carbocycles. The zero-order valence-electron chi connectivity index (χ0n) is 14.2. The molecule has 0 aromatic heterocycles. The summed E-state index contributed by atoms with van der Waals surface area (Å²) in [6.07, 6.45) is 4.05. The van der Waals surface area contributed by atoms with Crippen LogP contribution in [0.1, 0.15) is 53.9 Å². The highest BCUT2D eigenvalue weighted by molar-refractivity contribution is 5.07. The summed E-state index contributed by atoms with van der Waals surface area (Å²) in [5.74, 6) is 1.42. The molecule has 1 saturated carbocycles. The minimum Gasteiger partial charge on any atom is -0.329 e. The van der Waals surface area contributed by atoms with E-state index < -0.39 is 0 Å². The molecule has 3 heteroatoms. The van der Waals surface area contributed by atoms with E-state index in [1.165, 1.54) is 38.9 Å². The van der Waals surface area contributed by atoms with Gasteiger partial charge in [0.05, 0.1) is 0 Å². The van der Waals surface area contributed by atoms with Crippen molar-refractivity contribution in [2.45, 2.75) is 71.5 Å². The Morgan fingerprint density at radius 3 is 2.10 bits per heavy atom. The van der Waals surface area contributed by atoms with Crippen LogP contribution in [-0.4, -0.2) is 53.6 Å². The molecule has 0 aromatic rings. The first-order valence-corrected chi connectivity index (χ1v) is 8.59. The van der Waals surface area contributed by atoms with Crippen molar-refractivity contribution >= 4 is 0 Å². The average molecular weight is 281 g/mol. The molecule has 3 nitrogen and oxygen atoms in total. The zero-order chi connectivity index (χ0) is 14.9. The lowest BCUT2D eigenvalue weighted by Gasteiger charge is -2.42. The third-order valence-electron chi connectivity index (χ3n) is 4.96. The summed E-state index contributed by atoms with van der Waals surface area (Å²) >= 11 is 0. The van der Waals surface area contributed by atoms with Crippen molar-refractivity contribution in [3.05, 3.63) is 0 Å². The minimum absolute atomic E-state index is 0.219. The SMILES string of the molecule is CC(C)CN(CC(C)C)C1(CN)CC(C)N(C2CC2)C1. The number of hydrogen-bond donors (Lipinski definition) is 1. The van der Waals surface area contributed by atoms with Crippen LogP contribution >= 0.6 is 0 Å². The van der Waals surface area contributed by atoms with Crippen LogP contribution in [0.4, 0.5) is 0 Å². The molecule has 1 saturated heterocycles. The first kappa shape index (κ1) is 16.3. The molecule has 0 aromatic carbocycles. The number of hydrogen-bond acceptors (Lipinski definition) is 3. The predicted octanol–water partition coefficient (Wildman–Crippen LogP) is 2.55. The molecule has 2 atom stereocenters. The first-order valence-electron chi connectivity index (χ1n) is 8.59. The normalized spacial score (nSPS) is 31.9. The topological polar surface area (TPSA) is 32.5 Å². The molecular formula is C17H35N3. The second-order valence-electron chi connectivity index (χ2n) is 8.08. The average Bonchev–Trinajstić information content (AvgIpc) is 3.12. The Morgan fingerprint density at radius 2 is 1.70 bits per heavy atom. The quantitative estimate of drug-likeness (QED) is 0.778. The second kappa shape index (κ2) is 6.33. The molecule has 1 aliphatic heterocycles. The predicted molar refractivity (Wildman–Crippen MR) is 86.8 cm³/mol. The molecule has 2 aliphatic rings. The van der Waals surface area contributed by atoms with E-state index in [4.69, 9.17) is 5.73 Å². The fourth-order valence-corrected chi connectivity index (χ4v) is 3.97. The summed E-state index contributed by atoms with van der Waals surface area (Å²) in [6, 6.07) is 1.56. The first-order chi connectivity index (χ1) is 9.38. The van der Waals surface area contributed by atoms with Gasteiger partial charge in [-0.15, -0.1) is 0 Å². The number of likely N-dealkylation sites (tertiary alicyclic amines) is 1. The summed E-state index contributed by atoms with van der Waals surface area (Å²) in [6.45, 7) is 16.1. The summed E-state index contributed by atoms with van der Waals surface area (Å²) in [4.78, 5) is 5.46. The maximum atomic E-state index is 6.30. The van der Waals surface area contributed by atoms with Crippen molar-refractivity contribution in [1.29, 1.82) is 0 Å². The second-order valence-corrected chi connectivity index (χ2v) is 8.08. The van der Waals surface area contributed by atoms with E-state index >= 15 is 0 Å². The lowest BCUT2D eigenvalue weighted by atomic mass is 9.91. The van der Waals surface area contributed by atoms with Gasteiger partial charge in [0, 0.05) is 43.8 Å². The van der Waals surface area contributed by atoms with Gasteiger partial charge in [-0.25, -0.2) is 0 Å². The number of nitrogens with two attached hydrogens (primary N) is 1. The van der Waals surface area contributed by atoms with E-state index in [0.29, 0.717) is 17.9 Å². The maximum absolute atomic E-state index is 6.30. The molecule has 2 rings (SSSR count). The van der Waals surface area contributed by atoms with Gasteiger partial charge in [0.15, 0.2) is 0 Å². The minimum atomic E-state index is 0.219. The van der Waals surface area contributed by atoms with Crippen molar-refractivity contribution in [2.75, 3.05) is 26.2 Å². The molecule has 118 valence electrons.